The Labute approximate surface area is 107 Å². The summed E-state index contributed by atoms with van der Waals surface area (Å²) in [6.45, 7) is 13.5. The summed E-state index contributed by atoms with van der Waals surface area (Å²) in [5.41, 5.74) is 2.85. The molecule has 0 radical (unpaired) electrons. The van der Waals surface area contributed by atoms with E-state index in [9.17, 15) is 0 Å². The molecule has 1 aromatic carbocycles. The topological polar surface area (TPSA) is 12.0 Å². The zero-order valence-corrected chi connectivity index (χ0v) is 12.2. The smallest absolute Gasteiger partial charge is 0.0342 e. The van der Waals surface area contributed by atoms with Crippen molar-refractivity contribution in [2.75, 3.05) is 5.32 Å². The molecule has 1 aromatic rings. The minimum Gasteiger partial charge on any atom is -0.382 e. The number of nitrogens with one attached hydrogen (secondary N) is 1. The Morgan fingerprint density at radius 3 is 2.00 bits per heavy atom. The molecule has 2 unspecified atom stereocenters. The van der Waals surface area contributed by atoms with Crippen molar-refractivity contribution in [2.45, 2.75) is 59.4 Å². The second kappa shape index (κ2) is 5.57. The van der Waals surface area contributed by atoms with Gasteiger partial charge in [-0.25, -0.2) is 0 Å². The molecule has 0 spiro atoms. The lowest BCUT2D eigenvalue weighted by molar-refractivity contribution is 0.494. The van der Waals surface area contributed by atoms with E-state index in [0.29, 0.717) is 12.0 Å². The van der Waals surface area contributed by atoms with E-state index in [-0.39, 0.29) is 5.41 Å². The second-order valence-corrected chi connectivity index (χ2v) is 6.15. The van der Waals surface area contributed by atoms with Crippen LogP contribution in [0.1, 0.15) is 53.5 Å². The third-order valence-corrected chi connectivity index (χ3v) is 3.64. The average Bonchev–Trinajstić information content (AvgIpc) is 2.27. The molecule has 1 rings (SSSR count). The molecule has 17 heavy (non-hydrogen) atoms. The van der Waals surface area contributed by atoms with Gasteiger partial charge in [-0.15, -0.1) is 0 Å². The van der Waals surface area contributed by atoms with Crippen molar-refractivity contribution >= 4 is 5.69 Å². The third-order valence-electron chi connectivity index (χ3n) is 3.64. The highest BCUT2D eigenvalue weighted by Gasteiger charge is 2.14. The van der Waals surface area contributed by atoms with Gasteiger partial charge in [-0.2, -0.15) is 0 Å². The van der Waals surface area contributed by atoms with Crippen molar-refractivity contribution in [1.29, 1.82) is 0 Å². The SMILES string of the molecule is CCC(C)C(C)Nc1ccc(C(C)(C)C)cc1. The molecule has 0 heterocycles. The first-order chi connectivity index (χ1) is 7.84. The van der Waals surface area contributed by atoms with Crippen LogP contribution in [-0.4, -0.2) is 6.04 Å². The molecule has 0 aromatic heterocycles. The van der Waals surface area contributed by atoms with E-state index in [2.05, 4.69) is 71.1 Å². The molecule has 0 amide bonds. The van der Waals surface area contributed by atoms with Crippen LogP contribution in [0, 0.1) is 5.92 Å². The monoisotopic (exact) mass is 233 g/mol. The Morgan fingerprint density at radius 1 is 1.06 bits per heavy atom. The molecular formula is C16H27N. The van der Waals surface area contributed by atoms with Crippen molar-refractivity contribution < 1.29 is 0 Å². The number of rotatable bonds is 4. The Balaban J connectivity index is 2.69. The summed E-state index contributed by atoms with van der Waals surface area (Å²) >= 11 is 0. The predicted octanol–water partition coefficient (Wildman–Crippen LogP) is 4.83. The predicted molar refractivity (Wildman–Crippen MR) is 77.7 cm³/mol. The molecule has 0 aliphatic rings. The minimum absolute atomic E-state index is 0.237. The first-order valence-corrected chi connectivity index (χ1v) is 6.71. The number of benzene rings is 1. The van der Waals surface area contributed by atoms with Gasteiger partial charge in [0.15, 0.2) is 0 Å². The van der Waals surface area contributed by atoms with Gasteiger partial charge in [-0.05, 0) is 36.0 Å². The summed E-state index contributed by atoms with van der Waals surface area (Å²) in [5, 5.41) is 3.57. The molecule has 2 atom stereocenters. The van der Waals surface area contributed by atoms with Crippen LogP contribution in [-0.2, 0) is 5.41 Å². The summed E-state index contributed by atoms with van der Waals surface area (Å²) in [4.78, 5) is 0. The first kappa shape index (κ1) is 14.1. The van der Waals surface area contributed by atoms with Crippen molar-refractivity contribution in [3.05, 3.63) is 29.8 Å². The highest BCUT2D eigenvalue weighted by Crippen LogP contribution is 2.24. The summed E-state index contributed by atoms with van der Waals surface area (Å²) in [7, 11) is 0. The van der Waals surface area contributed by atoms with Gasteiger partial charge in [-0.3, -0.25) is 0 Å². The van der Waals surface area contributed by atoms with E-state index < -0.39 is 0 Å². The number of anilines is 1. The van der Waals surface area contributed by atoms with Crippen LogP contribution in [0.15, 0.2) is 24.3 Å². The van der Waals surface area contributed by atoms with E-state index >= 15 is 0 Å². The van der Waals surface area contributed by atoms with E-state index in [4.69, 9.17) is 0 Å². The van der Waals surface area contributed by atoms with Crippen LogP contribution in [0.25, 0.3) is 0 Å². The molecular weight excluding hydrogens is 206 g/mol. The normalized spacial score (nSPS) is 15.4. The lowest BCUT2D eigenvalue weighted by Crippen LogP contribution is -2.23. The van der Waals surface area contributed by atoms with E-state index in [1.54, 1.807) is 0 Å². The van der Waals surface area contributed by atoms with Crippen molar-refractivity contribution in [3.63, 3.8) is 0 Å². The van der Waals surface area contributed by atoms with E-state index in [1.807, 2.05) is 0 Å². The summed E-state index contributed by atoms with van der Waals surface area (Å²) in [6, 6.07) is 9.37. The Hall–Kier alpha value is -0.980. The highest BCUT2D eigenvalue weighted by molar-refractivity contribution is 5.46. The van der Waals surface area contributed by atoms with Crippen LogP contribution in [0.4, 0.5) is 5.69 Å². The van der Waals surface area contributed by atoms with Crippen LogP contribution in [0.5, 0.6) is 0 Å². The maximum atomic E-state index is 3.57. The van der Waals surface area contributed by atoms with Crippen molar-refractivity contribution in [3.8, 4) is 0 Å². The van der Waals surface area contributed by atoms with Gasteiger partial charge in [0.1, 0.15) is 0 Å². The molecule has 96 valence electrons. The van der Waals surface area contributed by atoms with Crippen molar-refractivity contribution in [1.82, 2.24) is 0 Å². The largest absolute Gasteiger partial charge is 0.382 e. The van der Waals surface area contributed by atoms with E-state index in [0.717, 1.165) is 0 Å². The molecule has 0 aliphatic carbocycles. The standard InChI is InChI=1S/C16H27N/c1-7-12(2)13(3)17-15-10-8-14(9-11-15)16(4,5)6/h8-13,17H,7H2,1-6H3. The van der Waals surface area contributed by atoms with Crippen LogP contribution in [0.3, 0.4) is 0 Å². The lowest BCUT2D eigenvalue weighted by atomic mass is 9.87. The van der Waals surface area contributed by atoms with Gasteiger partial charge >= 0.3 is 0 Å². The maximum Gasteiger partial charge on any atom is 0.0342 e. The fraction of sp³-hybridized carbons (Fsp3) is 0.625. The van der Waals surface area contributed by atoms with E-state index in [1.165, 1.54) is 17.7 Å². The molecule has 1 N–H and O–H groups in total. The molecule has 0 saturated heterocycles. The fourth-order valence-electron chi connectivity index (χ4n) is 1.83. The molecule has 0 fully saturated rings. The van der Waals surface area contributed by atoms with Gasteiger partial charge in [0.25, 0.3) is 0 Å². The Morgan fingerprint density at radius 2 is 1.59 bits per heavy atom. The zero-order chi connectivity index (χ0) is 13.1. The lowest BCUT2D eigenvalue weighted by Gasteiger charge is -2.23. The van der Waals surface area contributed by atoms with Crippen LogP contribution >= 0.6 is 0 Å². The highest BCUT2D eigenvalue weighted by atomic mass is 14.9. The third kappa shape index (κ3) is 4.07. The summed E-state index contributed by atoms with van der Waals surface area (Å²) in [5.74, 6) is 0.706. The molecule has 0 bridgehead atoms. The Kier molecular flexibility index (Phi) is 4.62. The van der Waals surface area contributed by atoms with Gasteiger partial charge in [0.05, 0.1) is 0 Å². The zero-order valence-electron chi connectivity index (χ0n) is 12.2. The Bertz CT molecular complexity index is 332. The van der Waals surface area contributed by atoms with Crippen molar-refractivity contribution in [2.24, 2.45) is 5.92 Å². The minimum atomic E-state index is 0.237. The average molecular weight is 233 g/mol. The van der Waals surface area contributed by atoms with Gasteiger partial charge < -0.3 is 5.32 Å². The molecule has 1 heteroatoms. The fourth-order valence-corrected chi connectivity index (χ4v) is 1.83. The van der Waals surface area contributed by atoms with Crippen LogP contribution in [0.2, 0.25) is 0 Å². The van der Waals surface area contributed by atoms with Gasteiger partial charge in [0.2, 0.25) is 0 Å². The van der Waals surface area contributed by atoms with Crippen LogP contribution < -0.4 is 5.32 Å². The molecule has 0 aliphatic heterocycles. The number of hydrogen-bond acceptors (Lipinski definition) is 1. The summed E-state index contributed by atoms with van der Waals surface area (Å²) < 4.78 is 0. The number of hydrogen-bond donors (Lipinski definition) is 1. The second-order valence-electron chi connectivity index (χ2n) is 6.15. The maximum absolute atomic E-state index is 3.57. The first-order valence-electron chi connectivity index (χ1n) is 6.71. The summed E-state index contributed by atoms with van der Waals surface area (Å²) in [6.07, 6.45) is 1.22. The van der Waals surface area contributed by atoms with Gasteiger partial charge in [0, 0.05) is 11.7 Å². The molecule has 1 nitrogen and oxygen atoms in total. The molecule has 0 saturated carbocycles. The quantitative estimate of drug-likeness (QED) is 0.785. The van der Waals surface area contributed by atoms with Gasteiger partial charge in [-0.1, -0.05) is 53.2 Å².